The van der Waals surface area contributed by atoms with Crippen LogP contribution in [0.2, 0.25) is 0 Å². The summed E-state index contributed by atoms with van der Waals surface area (Å²) < 4.78 is 5.41. The Hall–Kier alpha value is -1.57. The molecule has 0 radical (unpaired) electrons. The first-order valence-electron chi connectivity index (χ1n) is 4.74. The molecule has 0 amide bonds. The smallest absolute Gasteiger partial charge is 0.124 e. The van der Waals surface area contributed by atoms with Gasteiger partial charge in [-0.1, -0.05) is 18.2 Å². The number of aliphatic hydroxyl groups excluding tert-OH is 1. The fraction of sp³-hybridized carbons (Fsp3) is 0.364. The van der Waals surface area contributed by atoms with Gasteiger partial charge in [0.2, 0.25) is 0 Å². The second-order valence-electron chi connectivity index (χ2n) is 3.14. The predicted molar refractivity (Wildman–Crippen MR) is 56.1 cm³/mol. The van der Waals surface area contributed by atoms with E-state index in [0.717, 1.165) is 5.56 Å². The van der Waals surface area contributed by atoms with E-state index in [0.29, 0.717) is 18.8 Å². The van der Waals surface area contributed by atoms with Crippen molar-refractivity contribution < 1.29 is 9.84 Å². The quantitative estimate of drug-likeness (QED) is 0.746. The molecular formula is C11H14N2O2. The van der Waals surface area contributed by atoms with Gasteiger partial charge in [0.1, 0.15) is 5.75 Å². The van der Waals surface area contributed by atoms with Crippen molar-refractivity contribution in [2.45, 2.75) is 19.1 Å². The van der Waals surface area contributed by atoms with Crippen molar-refractivity contribution in [3.8, 4) is 11.8 Å². The Morgan fingerprint density at radius 2 is 2.20 bits per heavy atom. The van der Waals surface area contributed by atoms with Crippen molar-refractivity contribution >= 4 is 0 Å². The highest BCUT2D eigenvalue weighted by Gasteiger charge is 2.03. The molecule has 0 aliphatic heterocycles. The SMILES string of the molecule is N#CC(N)CCOc1ccccc1CO. The average molecular weight is 206 g/mol. The molecule has 0 aliphatic carbocycles. The maximum absolute atomic E-state index is 9.02. The number of nitrogens with zero attached hydrogens (tertiary/aromatic N) is 1. The van der Waals surface area contributed by atoms with Gasteiger partial charge in [0, 0.05) is 12.0 Å². The Labute approximate surface area is 88.9 Å². The highest BCUT2D eigenvalue weighted by Crippen LogP contribution is 2.17. The molecule has 0 saturated heterocycles. The number of nitriles is 1. The molecule has 0 bridgehead atoms. The zero-order valence-electron chi connectivity index (χ0n) is 8.39. The monoisotopic (exact) mass is 206 g/mol. The van der Waals surface area contributed by atoms with Crippen LogP contribution in [-0.2, 0) is 6.61 Å². The van der Waals surface area contributed by atoms with Crippen LogP contribution in [0, 0.1) is 11.3 Å². The number of para-hydroxylation sites is 1. The van der Waals surface area contributed by atoms with Gasteiger partial charge in [0.05, 0.1) is 25.3 Å². The first-order chi connectivity index (χ1) is 7.27. The van der Waals surface area contributed by atoms with Crippen LogP contribution in [0.25, 0.3) is 0 Å². The molecule has 4 heteroatoms. The van der Waals surface area contributed by atoms with E-state index in [-0.39, 0.29) is 6.61 Å². The lowest BCUT2D eigenvalue weighted by Gasteiger charge is -2.10. The Bertz CT molecular complexity index is 347. The minimum atomic E-state index is -0.494. The van der Waals surface area contributed by atoms with Gasteiger partial charge in [-0.25, -0.2) is 0 Å². The molecule has 0 aliphatic rings. The molecule has 80 valence electrons. The minimum absolute atomic E-state index is 0.0551. The Kier molecular flexibility index (Phi) is 4.61. The van der Waals surface area contributed by atoms with E-state index in [2.05, 4.69) is 0 Å². The third-order valence-electron chi connectivity index (χ3n) is 2.00. The van der Waals surface area contributed by atoms with Crippen molar-refractivity contribution in [1.82, 2.24) is 0 Å². The van der Waals surface area contributed by atoms with E-state index in [9.17, 15) is 0 Å². The summed E-state index contributed by atoms with van der Waals surface area (Å²) in [6.45, 7) is 0.326. The molecule has 3 N–H and O–H groups in total. The summed E-state index contributed by atoms with van der Waals surface area (Å²) in [6, 6.07) is 8.67. The molecule has 1 unspecified atom stereocenters. The lowest BCUT2D eigenvalue weighted by Crippen LogP contribution is -2.20. The number of hydrogen-bond acceptors (Lipinski definition) is 4. The number of nitrogens with two attached hydrogens (primary N) is 1. The van der Waals surface area contributed by atoms with Crippen molar-refractivity contribution in [2.24, 2.45) is 5.73 Å². The van der Waals surface area contributed by atoms with E-state index < -0.39 is 6.04 Å². The van der Waals surface area contributed by atoms with Gasteiger partial charge in [0.15, 0.2) is 0 Å². The lowest BCUT2D eigenvalue weighted by molar-refractivity contribution is 0.260. The van der Waals surface area contributed by atoms with Crippen LogP contribution in [0.1, 0.15) is 12.0 Å². The Balaban J connectivity index is 2.47. The molecule has 0 fully saturated rings. The van der Waals surface area contributed by atoms with Gasteiger partial charge in [-0.2, -0.15) is 5.26 Å². The molecule has 15 heavy (non-hydrogen) atoms. The van der Waals surface area contributed by atoms with Crippen LogP contribution >= 0.6 is 0 Å². The summed E-state index contributed by atoms with van der Waals surface area (Å²) in [5.74, 6) is 0.644. The van der Waals surface area contributed by atoms with Crippen molar-refractivity contribution in [2.75, 3.05) is 6.61 Å². The van der Waals surface area contributed by atoms with Crippen LogP contribution in [0.15, 0.2) is 24.3 Å². The van der Waals surface area contributed by atoms with Gasteiger partial charge < -0.3 is 15.6 Å². The lowest BCUT2D eigenvalue weighted by atomic mass is 10.2. The molecule has 1 atom stereocenters. The zero-order valence-corrected chi connectivity index (χ0v) is 8.39. The fourth-order valence-corrected chi connectivity index (χ4v) is 1.14. The predicted octanol–water partition coefficient (Wildman–Crippen LogP) is 0.799. The third-order valence-corrected chi connectivity index (χ3v) is 2.00. The first-order valence-corrected chi connectivity index (χ1v) is 4.74. The molecule has 0 aromatic heterocycles. The number of benzene rings is 1. The van der Waals surface area contributed by atoms with Gasteiger partial charge in [-0.3, -0.25) is 0 Å². The molecule has 1 aromatic carbocycles. The number of hydrogen-bond donors (Lipinski definition) is 2. The van der Waals surface area contributed by atoms with Crippen molar-refractivity contribution in [1.29, 1.82) is 5.26 Å². The second kappa shape index (κ2) is 6.02. The third kappa shape index (κ3) is 3.58. The standard InChI is InChI=1S/C11H14N2O2/c12-7-10(13)5-6-15-11-4-2-1-3-9(11)8-14/h1-4,10,14H,5-6,8,13H2. The molecule has 1 rings (SSSR count). The van der Waals surface area contributed by atoms with E-state index in [1.807, 2.05) is 18.2 Å². The summed E-state index contributed by atoms with van der Waals surface area (Å²) in [5, 5.41) is 17.5. The molecular weight excluding hydrogens is 192 g/mol. The van der Waals surface area contributed by atoms with E-state index in [1.54, 1.807) is 12.1 Å². The summed E-state index contributed by atoms with van der Waals surface area (Å²) in [4.78, 5) is 0. The van der Waals surface area contributed by atoms with Crippen LogP contribution in [0.3, 0.4) is 0 Å². The number of aliphatic hydroxyl groups is 1. The number of rotatable bonds is 5. The molecule has 1 aromatic rings. The number of ether oxygens (including phenoxy) is 1. The highest BCUT2D eigenvalue weighted by atomic mass is 16.5. The van der Waals surface area contributed by atoms with Gasteiger partial charge in [-0.05, 0) is 6.07 Å². The zero-order chi connectivity index (χ0) is 11.1. The Morgan fingerprint density at radius 1 is 1.47 bits per heavy atom. The molecule has 0 heterocycles. The molecule has 4 nitrogen and oxygen atoms in total. The maximum atomic E-state index is 9.02. The Morgan fingerprint density at radius 3 is 2.87 bits per heavy atom. The van der Waals surface area contributed by atoms with Crippen LogP contribution in [-0.4, -0.2) is 17.8 Å². The molecule has 0 saturated carbocycles. The van der Waals surface area contributed by atoms with Crippen LogP contribution in [0.5, 0.6) is 5.75 Å². The minimum Gasteiger partial charge on any atom is -0.493 e. The van der Waals surface area contributed by atoms with Crippen LogP contribution < -0.4 is 10.5 Å². The average Bonchev–Trinajstić information content (AvgIpc) is 2.29. The normalized spacial score (nSPS) is 11.8. The van der Waals surface area contributed by atoms with Gasteiger partial charge >= 0.3 is 0 Å². The van der Waals surface area contributed by atoms with Gasteiger partial charge in [0.25, 0.3) is 0 Å². The van der Waals surface area contributed by atoms with Gasteiger partial charge in [-0.15, -0.1) is 0 Å². The van der Waals surface area contributed by atoms with Crippen LogP contribution in [0.4, 0.5) is 0 Å². The topological polar surface area (TPSA) is 79.3 Å². The highest BCUT2D eigenvalue weighted by molar-refractivity contribution is 5.32. The van der Waals surface area contributed by atoms with E-state index in [1.165, 1.54) is 0 Å². The second-order valence-corrected chi connectivity index (χ2v) is 3.14. The fourth-order valence-electron chi connectivity index (χ4n) is 1.14. The van der Waals surface area contributed by atoms with E-state index >= 15 is 0 Å². The largest absolute Gasteiger partial charge is 0.493 e. The van der Waals surface area contributed by atoms with E-state index in [4.69, 9.17) is 20.8 Å². The summed E-state index contributed by atoms with van der Waals surface area (Å²) in [5.41, 5.74) is 6.16. The van der Waals surface area contributed by atoms with Crippen molar-refractivity contribution in [3.05, 3.63) is 29.8 Å². The summed E-state index contributed by atoms with van der Waals surface area (Å²) >= 11 is 0. The summed E-state index contributed by atoms with van der Waals surface area (Å²) in [7, 11) is 0. The van der Waals surface area contributed by atoms with Crippen molar-refractivity contribution in [3.63, 3.8) is 0 Å². The molecule has 0 spiro atoms. The maximum Gasteiger partial charge on any atom is 0.124 e. The summed E-state index contributed by atoms with van der Waals surface area (Å²) in [6.07, 6.45) is 0.482. The first kappa shape index (κ1) is 11.5.